The van der Waals surface area contributed by atoms with Gasteiger partial charge >= 0.3 is 0 Å². The quantitative estimate of drug-likeness (QED) is 0.170. The van der Waals surface area contributed by atoms with Crippen LogP contribution in [0.3, 0.4) is 0 Å². The van der Waals surface area contributed by atoms with Gasteiger partial charge in [-0.05, 0) is 114 Å². The fourth-order valence-corrected chi connectivity index (χ4v) is 9.92. The van der Waals surface area contributed by atoms with Crippen molar-refractivity contribution in [3.8, 4) is 0 Å². The van der Waals surface area contributed by atoms with Gasteiger partial charge in [-0.1, -0.05) is 170 Å². The van der Waals surface area contributed by atoms with Gasteiger partial charge in [0.15, 0.2) is 0 Å². The fourth-order valence-electron chi connectivity index (χ4n) is 9.92. The maximum atomic E-state index is 5.94. The number of allylic oxidation sites excluding steroid dienone is 12. The summed E-state index contributed by atoms with van der Waals surface area (Å²) in [6.45, 7) is 0. The molecule has 0 saturated carbocycles. The first-order valence-corrected chi connectivity index (χ1v) is 21.7. The van der Waals surface area contributed by atoms with Crippen molar-refractivity contribution in [1.29, 1.82) is 0 Å². The van der Waals surface area contributed by atoms with Gasteiger partial charge in [-0.3, -0.25) is 0 Å². The number of hydrogen-bond acceptors (Lipinski definition) is 4. The minimum Gasteiger partial charge on any atom is -0.249 e. The summed E-state index contributed by atoms with van der Waals surface area (Å²) in [4.78, 5) is 21.8. The molecule has 5 aliphatic heterocycles. The van der Waals surface area contributed by atoms with E-state index in [4.69, 9.17) is 20.0 Å². The van der Waals surface area contributed by atoms with Gasteiger partial charge in [0.1, 0.15) is 0 Å². The highest BCUT2D eigenvalue weighted by molar-refractivity contribution is 6.52. The lowest BCUT2D eigenvalue weighted by atomic mass is 9.82. The largest absolute Gasteiger partial charge is 0.249 e. The van der Waals surface area contributed by atoms with Gasteiger partial charge in [0.2, 0.25) is 0 Å². The predicted molar refractivity (Wildman–Crippen MR) is 270 cm³/mol. The van der Waals surface area contributed by atoms with Crippen molar-refractivity contribution >= 4 is 88.2 Å². The summed E-state index contributed by atoms with van der Waals surface area (Å²) in [5, 5.41) is 9.21. The Bertz CT molecular complexity index is 3790. The van der Waals surface area contributed by atoms with Crippen LogP contribution in [0.4, 0.5) is 0 Å². The molecule has 5 heterocycles. The van der Waals surface area contributed by atoms with Gasteiger partial charge < -0.3 is 0 Å². The predicted octanol–water partition coefficient (Wildman–Crippen LogP) is 14.3. The second-order valence-corrected chi connectivity index (χ2v) is 16.5. The molecule has 8 aromatic rings. The Morgan fingerprint density at radius 1 is 0.281 bits per heavy atom. The van der Waals surface area contributed by atoms with Crippen LogP contribution in [-0.2, 0) is 0 Å². The number of rotatable bonds is 4. The number of benzene rings is 8. The van der Waals surface area contributed by atoms with Crippen molar-refractivity contribution in [1.82, 2.24) is 0 Å². The SMILES string of the molecule is C1=CC2=NC1=CC1=NC(=C(c3cccc4ccccc34)C3=NC(=CC4=NC(=C2)C=C4)C=C3c2cccc3ccccc23)C(c2cccc3ccccc23)=C1c1cccc2ccccc12. The molecule has 296 valence electrons. The van der Waals surface area contributed by atoms with E-state index < -0.39 is 0 Å². The molecule has 0 spiro atoms. The summed E-state index contributed by atoms with van der Waals surface area (Å²) in [7, 11) is 0. The lowest BCUT2D eigenvalue weighted by Crippen LogP contribution is -2.08. The molecule has 0 aliphatic carbocycles. The Balaban J connectivity index is 1.24. The smallest absolute Gasteiger partial charge is 0.0823 e. The van der Waals surface area contributed by atoms with Crippen LogP contribution in [0.2, 0.25) is 0 Å². The lowest BCUT2D eigenvalue weighted by molar-refractivity contribution is 1.41. The van der Waals surface area contributed by atoms with Crippen LogP contribution in [0.5, 0.6) is 0 Å². The van der Waals surface area contributed by atoms with E-state index in [-0.39, 0.29) is 0 Å². The van der Waals surface area contributed by atoms with Crippen molar-refractivity contribution < 1.29 is 0 Å². The number of nitrogens with zero attached hydrogens (tertiary/aromatic N) is 4. The van der Waals surface area contributed by atoms with Gasteiger partial charge in [-0.15, -0.1) is 0 Å². The minimum absolute atomic E-state index is 0.820. The highest BCUT2D eigenvalue weighted by Gasteiger charge is 2.35. The summed E-state index contributed by atoms with van der Waals surface area (Å²) in [5.74, 6) is 0. The summed E-state index contributed by atoms with van der Waals surface area (Å²) in [6, 6.07) is 61.1. The normalized spacial score (nSPS) is 16.6. The van der Waals surface area contributed by atoms with Crippen molar-refractivity contribution in [3.63, 3.8) is 0 Å². The summed E-state index contributed by atoms with van der Waals surface area (Å²) < 4.78 is 0. The molecule has 8 aromatic carbocycles. The molecular formula is C60H36N4. The minimum atomic E-state index is 0.820. The Kier molecular flexibility index (Phi) is 8.18. The summed E-state index contributed by atoms with van der Waals surface area (Å²) >= 11 is 0. The highest BCUT2D eigenvalue weighted by Crippen LogP contribution is 2.49. The third kappa shape index (κ3) is 5.92. The fraction of sp³-hybridized carbons (Fsp3) is 0. The molecule has 0 saturated heterocycles. The zero-order valence-electron chi connectivity index (χ0n) is 34.6. The van der Waals surface area contributed by atoms with Crippen molar-refractivity contribution in [2.45, 2.75) is 0 Å². The van der Waals surface area contributed by atoms with E-state index in [1.807, 2.05) is 12.2 Å². The van der Waals surface area contributed by atoms with Gasteiger partial charge in [-0.2, -0.15) is 0 Å². The molecular weight excluding hydrogens is 777 g/mol. The van der Waals surface area contributed by atoms with E-state index in [1.54, 1.807) is 0 Å². The zero-order valence-corrected chi connectivity index (χ0v) is 34.6. The lowest BCUT2D eigenvalue weighted by Gasteiger charge is -2.20. The van der Waals surface area contributed by atoms with Gasteiger partial charge in [0.05, 0.1) is 45.6 Å². The molecule has 0 fully saturated rings. The van der Waals surface area contributed by atoms with E-state index in [2.05, 4.69) is 206 Å². The second kappa shape index (κ2) is 14.5. The molecule has 0 aromatic heterocycles. The summed E-state index contributed by atoms with van der Waals surface area (Å²) in [5.41, 5.74) is 15.1. The molecule has 8 bridgehead atoms. The van der Waals surface area contributed by atoms with Crippen LogP contribution < -0.4 is 0 Å². The van der Waals surface area contributed by atoms with E-state index >= 15 is 0 Å². The van der Waals surface area contributed by atoms with E-state index in [9.17, 15) is 0 Å². The van der Waals surface area contributed by atoms with Gasteiger partial charge in [0.25, 0.3) is 0 Å². The van der Waals surface area contributed by atoms with E-state index in [1.165, 1.54) is 5.39 Å². The average molecular weight is 813 g/mol. The topological polar surface area (TPSA) is 49.4 Å². The first-order chi connectivity index (χ1) is 31.7. The standard InChI is InChI=1S/C60H36N4/c1-5-21-46-37(13-1)17-9-25-50(46)54-35-45-34-43-30-29-41(61-43)33-42-31-32-44(62-42)36-55-56(51-26-10-18-38-14-2-6-22-47(38)51)57(52-27-11-19-39-15-3-7-23-48(39)52)60(64-55)58(59(54)63-45)53-28-12-20-40-16-4-8-24-49(40)53/h1-36H. The molecule has 64 heavy (non-hydrogen) atoms. The first kappa shape index (κ1) is 36.1. The average Bonchev–Trinajstić information content (AvgIpc) is 4.16. The third-order valence-corrected chi connectivity index (χ3v) is 12.7. The molecule has 0 amide bonds. The van der Waals surface area contributed by atoms with Crippen molar-refractivity contribution in [3.05, 3.63) is 264 Å². The Labute approximate surface area is 370 Å². The maximum absolute atomic E-state index is 5.94. The van der Waals surface area contributed by atoms with Crippen LogP contribution in [0.15, 0.2) is 261 Å². The van der Waals surface area contributed by atoms with E-state index in [0.717, 1.165) is 128 Å². The van der Waals surface area contributed by atoms with Crippen molar-refractivity contribution in [2.75, 3.05) is 0 Å². The molecule has 0 atom stereocenters. The van der Waals surface area contributed by atoms with Crippen molar-refractivity contribution in [2.24, 2.45) is 20.0 Å². The summed E-state index contributed by atoms with van der Waals surface area (Å²) in [6.07, 6.45) is 16.8. The Morgan fingerprint density at radius 3 is 1.25 bits per heavy atom. The molecule has 4 heteroatoms. The third-order valence-electron chi connectivity index (χ3n) is 12.7. The van der Waals surface area contributed by atoms with Gasteiger partial charge in [0, 0.05) is 22.3 Å². The van der Waals surface area contributed by atoms with Crippen LogP contribution in [0.1, 0.15) is 22.3 Å². The monoisotopic (exact) mass is 812 g/mol. The highest BCUT2D eigenvalue weighted by atomic mass is 14.9. The number of fused-ring (bicyclic) bond motifs is 8. The zero-order chi connectivity index (χ0) is 42.1. The Morgan fingerprint density at radius 2 is 0.703 bits per heavy atom. The number of hydrogen-bond donors (Lipinski definition) is 0. The molecule has 13 rings (SSSR count). The van der Waals surface area contributed by atoms with Crippen LogP contribution in [0.25, 0.3) is 65.4 Å². The van der Waals surface area contributed by atoms with E-state index in [0.29, 0.717) is 0 Å². The molecule has 0 unspecified atom stereocenters. The molecule has 5 aliphatic rings. The van der Waals surface area contributed by atoms with Crippen LogP contribution >= 0.6 is 0 Å². The second-order valence-electron chi connectivity index (χ2n) is 16.5. The van der Waals surface area contributed by atoms with Crippen LogP contribution in [-0.4, -0.2) is 22.8 Å². The molecule has 0 radical (unpaired) electrons. The number of aliphatic imine (C=N–C) groups is 4. The first-order valence-electron chi connectivity index (χ1n) is 21.7. The van der Waals surface area contributed by atoms with Crippen LogP contribution in [0, 0.1) is 0 Å². The Hall–Kier alpha value is -8.60. The maximum Gasteiger partial charge on any atom is 0.0823 e. The van der Waals surface area contributed by atoms with Gasteiger partial charge in [-0.25, -0.2) is 20.0 Å². The molecule has 4 nitrogen and oxygen atoms in total. The molecule has 0 N–H and O–H groups in total.